The molecule has 1 unspecified atom stereocenters. The normalized spacial score (nSPS) is 16.2. The van der Waals surface area contributed by atoms with Gasteiger partial charge in [0.1, 0.15) is 11.6 Å². The number of aromatic nitrogens is 3. The van der Waals surface area contributed by atoms with Gasteiger partial charge in [0.05, 0.1) is 11.5 Å². The molecule has 116 valence electrons. The third kappa shape index (κ3) is 2.20. The molecule has 0 radical (unpaired) electrons. The smallest absolute Gasteiger partial charge is 0.333 e. The molecule has 4 N–H and O–H groups in total. The fraction of sp³-hybridized carbons (Fsp3) is 0.0556. The van der Waals surface area contributed by atoms with Gasteiger partial charge in [0.2, 0.25) is 11.6 Å². The lowest BCUT2D eigenvalue weighted by atomic mass is 9.89. The molecule has 3 heterocycles. The predicted molar refractivity (Wildman–Crippen MR) is 86.3 cm³/mol. The Hall–Kier alpha value is -3.59. The summed E-state index contributed by atoms with van der Waals surface area (Å²) in [6, 6.07) is 15.7. The van der Waals surface area contributed by atoms with Crippen molar-refractivity contribution in [2.75, 3.05) is 0 Å². The van der Waals surface area contributed by atoms with Crippen LogP contribution in [0.4, 0.5) is 0 Å². The van der Waals surface area contributed by atoms with Gasteiger partial charge in [-0.05, 0) is 23.8 Å². The van der Waals surface area contributed by atoms with E-state index >= 15 is 0 Å². The first-order valence-corrected chi connectivity index (χ1v) is 7.46. The maximum absolute atomic E-state index is 9.53. The number of rotatable bonds is 2. The van der Waals surface area contributed by atoms with Gasteiger partial charge < -0.3 is 10.5 Å². The summed E-state index contributed by atoms with van der Waals surface area (Å²) in [5, 5.41) is 9.53. The molecule has 6 nitrogen and oxygen atoms in total. The lowest BCUT2D eigenvalue weighted by Gasteiger charge is -2.19. The van der Waals surface area contributed by atoms with Crippen LogP contribution >= 0.6 is 0 Å². The van der Waals surface area contributed by atoms with Gasteiger partial charge in [-0.25, -0.2) is 9.97 Å². The number of aromatic amines is 2. The van der Waals surface area contributed by atoms with Crippen LogP contribution in [-0.4, -0.2) is 9.97 Å². The number of H-pyrrole nitrogens is 2. The molecule has 0 bridgehead atoms. The summed E-state index contributed by atoms with van der Waals surface area (Å²) in [5.74, 6) is 1.07. The first kappa shape index (κ1) is 14.0. The second-order valence-electron chi connectivity index (χ2n) is 5.44. The van der Waals surface area contributed by atoms with Gasteiger partial charge in [0.25, 0.3) is 5.82 Å². The number of allylic oxidation sites excluding steroid dienone is 1. The van der Waals surface area contributed by atoms with E-state index in [4.69, 9.17) is 10.5 Å². The van der Waals surface area contributed by atoms with Crippen LogP contribution in [0.1, 0.15) is 17.2 Å². The van der Waals surface area contributed by atoms with Crippen LogP contribution in [0.5, 0.6) is 5.88 Å². The second kappa shape index (κ2) is 5.56. The largest absolute Gasteiger partial charge is 0.403 e. The number of nitrogens with one attached hydrogen (secondary N) is 2. The molecule has 24 heavy (non-hydrogen) atoms. The third-order valence-electron chi connectivity index (χ3n) is 4.00. The van der Waals surface area contributed by atoms with E-state index in [9.17, 15) is 5.26 Å². The van der Waals surface area contributed by atoms with E-state index in [1.165, 1.54) is 0 Å². The molecule has 0 amide bonds. The Morgan fingerprint density at radius 3 is 2.75 bits per heavy atom. The van der Waals surface area contributed by atoms with E-state index in [1.807, 2.05) is 42.5 Å². The molecule has 0 spiro atoms. The Bertz CT molecular complexity index is 954. The van der Waals surface area contributed by atoms with E-state index in [0.29, 0.717) is 11.5 Å². The van der Waals surface area contributed by atoms with E-state index in [1.54, 1.807) is 12.4 Å². The summed E-state index contributed by atoms with van der Waals surface area (Å²) >= 11 is 0. The summed E-state index contributed by atoms with van der Waals surface area (Å²) < 4.78 is 5.62. The number of fused-ring (bicyclic) bond motifs is 1. The second-order valence-corrected chi connectivity index (χ2v) is 5.44. The van der Waals surface area contributed by atoms with Gasteiger partial charge in [-0.2, -0.15) is 5.26 Å². The molecule has 0 saturated carbocycles. The van der Waals surface area contributed by atoms with Crippen molar-refractivity contribution in [2.45, 2.75) is 5.92 Å². The first-order valence-electron chi connectivity index (χ1n) is 7.46. The van der Waals surface area contributed by atoms with Crippen molar-refractivity contribution in [1.29, 1.82) is 5.26 Å². The highest BCUT2D eigenvalue weighted by Gasteiger charge is 2.38. The number of nitrogens with zero attached hydrogens (tertiary/aromatic N) is 2. The van der Waals surface area contributed by atoms with Crippen molar-refractivity contribution in [2.24, 2.45) is 5.73 Å². The van der Waals surface area contributed by atoms with Crippen LogP contribution in [-0.2, 0) is 0 Å². The Kier molecular flexibility index (Phi) is 3.25. The first-order chi connectivity index (χ1) is 11.8. The molecule has 0 fully saturated rings. The Morgan fingerprint density at radius 2 is 2.04 bits per heavy atom. The molecule has 0 saturated heterocycles. The summed E-state index contributed by atoms with van der Waals surface area (Å²) in [7, 11) is 0. The number of ether oxygens (including phenoxy) is 1. The van der Waals surface area contributed by atoms with Crippen LogP contribution in [0.15, 0.2) is 66.3 Å². The molecular formula is C18H14N5O+. The number of imidazole rings is 1. The molecule has 1 atom stereocenters. The number of nitriles is 1. The fourth-order valence-corrected chi connectivity index (χ4v) is 2.89. The van der Waals surface area contributed by atoms with Crippen molar-refractivity contribution < 1.29 is 9.72 Å². The maximum atomic E-state index is 9.53. The lowest BCUT2D eigenvalue weighted by Crippen LogP contribution is -2.23. The molecule has 1 aliphatic rings. The molecule has 6 heteroatoms. The minimum absolute atomic E-state index is 0.105. The van der Waals surface area contributed by atoms with Crippen molar-refractivity contribution in [3.05, 3.63) is 77.6 Å². The van der Waals surface area contributed by atoms with E-state index in [-0.39, 0.29) is 11.8 Å². The Labute approximate surface area is 138 Å². The van der Waals surface area contributed by atoms with Gasteiger partial charge >= 0.3 is 5.88 Å². The molecular weight excluding hydrogens is 302 g/mol. The molecule has 1 aliphatic heterocycles. The Morgan fingerprint density at radius 1 is 1.21 bits per heavy atom. The number of benzene rings is 1. The zero-order chi connectivity index (χ0) is 16.5. The van der Waals surface area contributed by atoms with Gasteiger partial charge in [-0.3, -0.25) is 4.98 Å². The highest BCUT2D eigenvalue weighted by molar-refractivity contribution is 5.56. The zero-order valence-electron chi connectivity index (χ0n) is 12.7. The summed E-state index contributed by atoms with van der Waals surface area (Å²) in [5.41, 5.74) is 8.94. The van der Waals surface area contributed by atoms with Crippen LogP contribution in [0.25, 0.3) is 11.4 Å². The van der Waals surface area contributed by atoms with Crippen molar-refractivity contribution in [3.8, 4) is 23.3 Å². The van der Waals surface area contributed by atoms with Crippen molar-refractivity contribution in [3.63, 3.8) is 0 Å². The SMILES string of the molecule is N#CC1=C(N)Oc2[nH+]c(-c3ccccc3)[nH]c2C1c1cccnc1. The van der Waals surface area contributed by atoms with Crippen LogP contribution in [0.3, 0.4) is 0 Å². The summed E-state index contributed by atoms with van der Waals surface area (Å²) in [6.07, 6.45) is 3.42. The van der Waals surface area contributed by atoms with E-state index in [2.05, 4.69) is 21.0 Å². The van der Waals surface area contributed by atoms with Crippen LogP contribution in [0, 0.1) is 11.3 Å². The van der Waals surface area contributed by atoms with E-state index < -0.39 is 0 Å². The lowest BCUT2D eigenvalue weighted by molar-refractivity contribution is -0.377. The topological polar surface area (TPSA) is 102 Å². The van der Waals surface area contributed by atoms with Gasteiger partial charge in [0, 0.05) is 12.4 Å². The van der Waals surface area contributed by atoms with Crippen LogP contribution < -0.4 is 15.5 Å². The molecule has 4 rings (SSSR count). The average molecular weight is 316 g/mol. The third-order valence-corrected chi connectivity index (χ3v) is 4.00. The van der Waals surface area contributed by atoms with Gasteiger partial charge in [0.15, 0.2) is 0 Å². The number of pyridine rings is 1. The maximum Gasteiger partial charge on any atom is 0.333 e. The highest BCUT2D eigenvalue weighted by atomic mass is 16.5. The number of nitrogens with two attached hydrogens (primary N) is 1. The minimum Gasteiger partial charge on any atom is -0.403 e. The average Bonchev–Trinajstić information content (AvgIpc) is 3.05. The molecule has 0 aliphatic carbocycles. The molecule has 2 aromatic heterocycles. The summed E-state index contributed by atoms with van der Waals surface area (Å²) in [4.78, 5) is 10.7. The molecule has 3 aromatic rings. The monoisotopic (exact) mass is 316 g/mol. The Balaban J connectivity index is 1.88. The van der Waals surface area contributed by atoms with Gasteiger partial charge in [-0.1, -0.05) is 24.3 Å². The number of hydrogen-bond donors (Lipinski definition) is 2. The quantitative estimate of drug-likeness (QED) is 0.756. The van der Waals surface area contributed by atoms with Crippen LogP contribution in [0.2, 0.25) is 0 Å². The van der Waals surface area contributed by atoms with Crippen molar-refractivity contribution >= 4 is 0 Å². The molecule has 1 aromatic carbocycles. The van der Waals surface area contributed by atoms with Crippen molar-refractivity contribution in [1.82, 2.24) is 9.97 Å². The standard InChI is InChI=1S/C18H13N5O/c19-9-13-14(12-7-4-8-21-10-12)15-18(24-16(13)20)23-17(22-15)11-5-2-1-3-6-11/h1-8,10,14H,20H2,(H,22,23)/p+1. The summed E-state index contributed by atoms with van der Waals surface area (Å²) in [6.45, 7) is 0. The number of hydrogen-bond acceptors (Lipinski definition) is 4. The van der Waals surface area contributed by atoms with E-state index in [0.717, 1.165) is 22.6 Å². The predicted octanol–water partition coefficient (Wildman–Crippen LogP) is 2.11. The minimum atomic E-state index is -0.346. The zero-order valence-corrected chi connectivity index (χ0v) is 12.7. The highest BCUT2D eigenvalue weighted by Crippen LogP contribution is 2.39. The van der Waals surface area contributed by atoms with Gasteiger partial charge in [-0.15, -0.1) is 0 Å². The fourth-order valence-electron chi connectivity index (χ4n) is 2.89.